The van der Waals surface area contributed by atoms with E-state index in [2.05, 4.69) is 11.8 Å². The maximum Gasteiger partial charge on any atom is 0.263 e. The molecule has 0 atom stereocenters. The molecule has 0 spiro atoms. The SMILES string of the molecule is C/C=C\C.CC#CC1=C(C)C(=CC)c2ccc(F)cc2OC1.Cc1cccc(C(F)F)c1. The average molecular weight is 441 g/mol. The molecule has 4 heteroatoms. The van der Waals surface area contributed by atoms with Gasteiger partial charge in [0.05, 0.1) is 0 Å². The number of hydrogen-bond donors (Lipinski definition) is 0. The van der Waals surface area contributed by atoms with Gasteiger partial charge in [-0.05, 0) is 64.8 Å². The lowest BCUT2D eigenvalue weighted by atomic mass is 9.95. The summed E-state index contributed by atoms with van der Waals surface area (Å²) in [5.41, 5.74) is 4.99. The molecule has 3 rings (SSSR count). The topological polar surface area (TPSA) is 9.23 Å². The second kappa shape index (κ2) is 14.0. The molecule has 0 saturated heterocycles. The fourth-order valence-electron chi connectivity index (χ4n) is 2.92. The number of halogens is 3. The second-order valence-electron chi connectivity index (χ2n) is 6.99. The highest BCUT2D eigenvalue weighted by atomic mass is 19.3. The predicted molar refractivity (Wildman–Crippen MR) is 128 cm³/mol. The van der Waals surface area contributed by atoms with Gasteiger partial charge in [-0.25, -0.2) is 13.2 Å². The van der Waals surface area contributed by atoms with Gasteiger partial charge in [0, 0.05) is 22.8 Å². The Hall–Kier alpha value is -3.19. The highest BCUT2D eigenvalue weighted by molar-refractivity contribution is 5.84. The van der Waals surface area contributed by atoms with Crippen molar-refractivity contribution in [1.29, 1.82) is 0 Å². The monoisotopic (exact) mass is 440 g/mol. The minimum absolute atomic E-state index is 0.0972. The molecule has 0 radical (unpaired) electrons. The van der Waals surface area contributed by atoms with Gasteiger partial charge >= 0.3 is 0 Å². The fourth-order valence-corrected chi connectivity index (χ4v) is 2.92. The van der Waals surface area contributed by atoms with Crippen LogP contribution in [-0.2, 0) is 0 Å². The summed E-state index contributed by atoms with van der Waals surface area (Å²) in [5.74, 6) is 6.24. The third-order valence-electron chi connectivity index (χ3n) is 4.65. The van der Waals surface area contributed by atoms with Crippen LogP contribution < -0.4 is 4.74 Å². The van der Waals surface area contributed by atoms with Crippen LogP contribution in [0.3, 0.4) is 0 Å². The highest BCUT2D eigenvalue weighted by Gasteiger charge is 2.18. The van der Waals surface area contributed by atoms with E-state index in [1.807, 2.05) is 45.9 Å². The predicted octanol–water partition coefficient (Wildman–Crippen LogP) is 8.48. The van der Waals surface area contributed by atoms with Gasteiger partial charge in [0.2, 0.25) is 0 Å². The first-order valence-corrected chi connectivity index (χ1v) is 10.4. The van der Waals surface area contributed by atoms with Crippen LogP contribution >= 0.6 is 0 Å². The molecule has 0 bridgehead atoms. The summed E-state index contributed by atoms with van der Waals surface area (Å²) in [6.45, 7) is 12.0. The number of allylic oxidation sites excluding steroid dienone is 5. The van der Waals surface area contributed by atoms with E-state index in [1.54, 1.807) is 32.0 Å². The molecule has 1 nitrogen and oxygen atoms in total. The van der Waals surface area contributed by atoms with Gasteiger partial charge < -0.3 is 4.74 Å². The molecular weight excluding hydrogens is 409 g/mol. The zero-order chi connectivity index (χ0) is 24.1. The maximum atomic E-state index is 13.3. The Labute approximate surface area is 190 Å². The van der Waals surface area contributed by atoms with E-state index in [0.717, 1.165) is 27.8 Å². The summed E-state index contributed by atoms with van der Waals surface area (Å²) in [5, 5.41) is 0. The van der Waals surface area contributed by atoms with Crippen molar-refractivity contribution >= 4 is 5.57 Å². The Balaban J connectivity index is 0.000000307. The lowest BCUT2D eigenvalue weighted by Gasteiger charge is -2.09. The molecule has 170 valence electrons. The zero-order valence-electron chi connectivity index (χ0n) is 19.6. The molecule has 1 aliphatic heterocycles. The van der Waals surface area contributed by atoms with Crippen LogP contribution in [0.2, 0.25) is 0 Å². The summed E-state index contributed by atoms with van der Waals surface area (Å²) in [6.07, 6.45) is 3.66. The molecule has 1 aliphatic rings. The Morgan fingerprint density at radius 2 is 1.69 bits per heavy atom. The quantitative estimate of drug-likeness (QED) is 0.319. The van der Waals surface area contributed by atoms with E-state index in [1.165, 1.54) is 24.3 Å². The van der Waals surface area contributed by atoms with E-state index in [9.17, 15) is 13.2 Å². The van der Waals surface area contributed by atoms with Crippen molar-refractivity contribution in [2.45, 2.75) is 48.0 Å². The van der Waals surface area contributed by atoms with Gasteiger partial charge in [-0.2, -0.15) is 0 Å². The Morgan fingerprint density at radius 3 is 2.19 bits per heavy atom. The summed E-state index contributed by atoms with van der Waals surface area (Å²) in [4.78, 5) is 0. The Bertz CT molecular complexity index is 1030. The number of alkyl halides is 2. The van der Waals surface area contributed by atoms with Crippen molar-refractivity contribution in [2.75, 3.05) is 6.61 Å². The summed E-state index contributed by atoms with van der Waals surface area (Å²) >= 11 is 0. The van der Waals surface area contributed by atoms with Crippen molar-refractivity contribution in [2.24, 2.45) is 0 Å². The molecule has 0 unspecified atom stereocenters. The normalized spacial score (nSPS) is 13.8. The first kappa shape index (κ1) is 26.8. The number of rotatable bonds is 1. The minimum atomic E-state index is -2.35. The molecule has 0 fully saturated rings. The zero-order valence-corrected chi connectivity index (χ0v) is 19.6. The third kappa shape index (κ3) is 8.15. The number of fused-ring (bicyclic) bond motifs is 1. The van der Waals surface area contributed by atoms with Crippen LogP contribution in [0, 0.1) is 24.6 Å². The molecule has 1 heterocycles. The van der Waals surface area contributed by atoms with Crippen molar-refractivity contribution in [3.05, 3.63) is 94.3 Å². The van der Waals surface area contributed by atoms with Crippen LogP contribution in [0.15, 0.2) is 71.8 Å². The van der Waals surface area contributed by atoms with Gasteiger partial charge in [-0.1, -0.05) is 54.0 Å². The van der Waals surface area contributed by atoms with Crippen LogP contribution in [-0.4, -0.2) is 6.61 Å². The molecule has 32 heavy (non-hydrogen) atoms. The van der Waals surface area contributed by atoms with E-state index in [0.29, 0.717) is 12.4 Å². The van der Waals surface area contributed by atoms with Crippen LogP contribution in [0.4, 0.5) is 13.2 Å². The molecular formula is C28H31F3O. The van der Waals surface area contributed by atoms with E-state index < -0.39 is 6.43 Å². The summed E-state index contributed by atoms with van der Waals surface area (Å²) in [7, 11) is 0. The van der Waals surface area contributed by atoms with Gasteiger partial charge in [0.15, 0.2) is 0 Å². The molecule has 2 aromatic carbocycles. The summed E-state index contributed by atoms with van der Waals surface area (Å²) in [6, 6.07) is 11.0. The smallest absolute Gasteiger partial charge is 0.263 e. The van der Waals surface area contributed by atoms with Gasteiger partial charge in [0.25, 0.3) is 6.43 Å². The number of ether oxygens (including phenoxy) is 1. The standard InChI is InChI=1S/C16H15FO.C8H8F2.C4H8/c1-4-6-12-10-18-16-9-13(17)7-8-15(16)14(5-2)11(12)3;1-6-3-2-4-7(5-6)8(9)10;1-3-4-2/h5,7-9H,10H2,1-3H3;2-5,8H,1H3;3-4H,1-2H3/b;;4-3-. The van der Waals surface area contributed by atoms with Crippen molar-refractivity contribution in [3.63, 3.8) is 0 Å². The van der Waals surface area contributed by atoms with Gasteiger partial charge in [-0.15, -0.1) is 5.92 Å². The Morgan fingerprint density at radius 1 is 1.00 bits per heavy atom. The third-order valence-corrected chi connectivity index (χ3v) is 4.65. The van der Waals surface area contributed by atoms with E-state index >= 15 is 0 Å². The largest absolute Gasteiger partial charge is 0.487 e. The maximum absolute atomic E-state index is 13.3. The molecule has 0 N–H and O–H groups in total. The lowest BCUT2D eigenvalue weighted by Crippen LogP contribution is -1.99. The van der Waals surface area contributed by atoms with Gasteiger partial charge in [-0.3, -0.25) is 0 Å². The molecule has 2 aromatic rings. The number of aryl methyl sites for hydroxylation is 1. The van der Waals surface area contributed by atoms with E-state index in [4.69, 9.17) is 4.74 Å². The van der Waals surface area contributed by atoms with Crippen molar-refractivity contribution < 1.29 is 17.9 Å². The highest BCUT2D eigenvalue weighted by Crippen LogP contribution is 2.35. The molecule has 0 saturated carbocycles. The molecule has 0 amide bonds. The van der Waals surface area contributed by atoms with Gasteiger partial charge in [0.1, 0.15) is 18.2 Å². The second-order valence-corrected chi connectivity index (χ2v) is 6.99. The minimum Gasteiger partial charge on any atom is -0.487 e. The van der Waals surface area contributed by atoms with Crippen LogP contribution in [0.5, 0.6) is 5.75 Å². The molecule has 0 aromatic heterocycles. The summed E-state index contributed by atoms with van der Waals surface area (Å²) < 4.78 is 42.8. The van der Waals surface area contributed by atoms with Crippen LogP contribution in [0.1, 0.15) is 57.7 Å². The fraction of sp³-hybridized carbons (Fsp3) is 0.286. The van der Waals surface area contributed by atoms with Crippen molar-refractivity contribution in [3.8, 4) is 17.6 Å². The number of hydrogen-bond acceptors (Lipinski definition) is 1. The average Bonchev–Trinajstić information content (AvgIpc) is 2.90. The van der Waals surface area contributed by atoms with Crippen molar-refractivity contribution in [1.82, 2.24) is 0 Å². The lowest BCUT2D eigenvalue weighted by molar-refractivity contribution is 0.151. The van der Waals surface area contributed by atoms with E-state index in [-0.39, 0.29) is 11.4 Å². The number of benzene rings is 2. The van der Waals surface area contributed by atoms with Crippen LogP contribution in [0.25, 0.3) is 5.57 Å². The Kier molecular flexibility index (Phi) is 11.7. The molecule has 0 aliphatic carbocycles. The first-order valence-electron chi connectivity index (χ1n) is 10.4. The first-order chi connectivity index (χ1) is 15.3.